The standard InChI is InChI=1S/C12H15BrO3/c1-9(14)11-5-4-10(13)8-12(11)16-7-3-6-15-2/h4-5,8H,3,6-7H2,1-2H3. The predicted octanol–water partition coefficient (Wildman–Crippen LogP) is 3.07. The maximum atomic E-state index is 11.3. The van der Waals surface area contributed by atoms with Crippen LogP contribution in [0.1, 0.15) is 23.7 Å². The Morgan fingerprint density at radius 1 is 1.38 bits per heavy atom. The van der Waals surface area contributed by atoms with E-state index in [2.05, 4.69) is 15.9 Å². The molecule has 1 aromatic carbocycles. The summed E-state index contributed by atoms with van der Waals surface area (Å²) in [5.74, 6) is 0.632. The Balaban J connectivity index is 2.68. The SMILES string of the molecule is COCCCOc1cc(Br)ccc1C(C)=O. The number of Topliss-reactive ketones (excluding diaryl/α,β-unsaturated/α-hetero) is 1. The van der Waals surface area contributed by atoms with Gasteiger partial charge in [0, 0.05) is 24.6 Å². The molecule has 1 rings (SSSR count). The number of hydrogen-bond donors (Lipinski definition) is 0. The van der Waals surface area contributed by atoms with Crippen LogP contribution in [0, 0.1) is 0 Å². The van der Waals surface area contributed by atoms with Crippen molar-refractivity contribution in [2.45, 2.75) is 13.3 Å². The van der Waals surface area contributed by atoms with Gasteiger partial charge in [-0.1, -0.05) is 15.9 Å². The normalized spacial score (nSPS) is 10.2. The molecule has 0 saturated carbocycles. The van der Waals surface area contributed by atoms with Crippen molar-refractivity contribution < 1.29 is 14.3 Å². The summed E-state index contributed by atoms with van der Waals surface area (Å²) in [4.78, 5) is 11.3. The zero-order chi connectivity index (χ0) is 12.0. The van der Waals surface area contributed by atoms with Crippen LogP contribution in [0.25, 0.3) is 0 Å². The number of rotatable bonds is 6. The number of ketones is 1. The fourth-order valence-electron chi connectivity index (χ4n) is 1.29. The summed E-state index contributed by atoms with van der Waals surface area (Å²) < 4.78 is 11.4. The molecule has 1 aromatic rings. The summed E-state index contributed by atoms with van der Waals surface area (Å²) in [6.07, 6.45) is 0.806. The molecular weight excluding hydrogens is 272 g/mol. The van der Waals surface area contributed by atoms with E-state index in [1.165, 1.54) is 6.92 Å². The first-order chi connectivity index (χ1) is 7.65. The smallest absolute Gasteiger partial charge is 0.163 e. The van der Waals surface area contributed by atoms with Gasteiger partial charge in [0.05, 0.1) is 12.2 Å². The van der Waals surface area contributed by atoms with Gasteiger partial charge < -0.3 is 9.47 Å². The summed E-state index contributed by atoms with van der Waals surface area (Å²) in [5, 5.41) is 0. The lowest BCUT2D eigenvalue weighted by molar-refractivity contribution is 0.101. The lowest BCUT2D eigenvalue weighted by Gasteiger charge is -2.09. The minimum atomic E-state index is 0.00856. The van der Waals surface area contributed by atoms with Crippen molar-refractivity contribution in [3.05, 3.63) is 28.2 Å². The minimum absolute atomic E-state index is 0.00856. The zero-order valence-electron chi connectivity index (χ0n) is 9.46. The van der Waals surface area contributed by atoms with Crippen LogP contribution in [0.5, 0.6) is 5.75 Å². The van der Waals surface area contributed by atoms with Crippen LogP contribution in [0.4, 0.5) is 0 Å². The third-order valence-electron chi connectivity index (χ3n) is 2.07. The van der Waals surface area contributed by atoms with Crippen molar-refractivity contribution in [1.29, 1.82) is 0 Å². The van der Waals surface area contributed by atoms with Crippen LogP contribution >= 0.6 is 15.9 Å². The molecule has 0 aliphatic rings. The molecule has 0 spiro atoms. The quantitative estimate of drug-likeness (QED) is 0.596. The fraction of sp³-hybridized carbons (Fsp3) is 0.417. The Labute approximate surface area is 104 Å². The highest BCUT2D eigenvalue weighted by Gasteiger charge is 2.08. The molecule has 3 nitrogen and oxygen atoms in total. The molecule has 88 valence electrons. The van der Waals surface area contributed by atoms with Crippen molar-refractivity contribution in [3.63, 3.8) is 0 Å². The van der Waals surface area contributed by atoms with Gasteiger partial charge in [-0.3, -0.25) is 4.79 Å². The molecule has 0 unspecified atom stereocenters. The summed E-state index contributed by atoms with van der Waals surface area (Å²) in [6, 6.07) is 5.40. The molecule has 0 heterocycles. The molecule has 0 saturated heterocycles. The second-order valence-electron chi connectivity index (χ2n) is 3.39. The van der Waals surface area contributed by atoms with Crippen LogP contribution in [0.2, 0.25) is 0 Å². The van der Waals surface area contributed by atoms with E-state index in [9.17, 15) is 4.79 Å². The maximum absolute atomic E-state index is 11.3. The number of ether oxygens (including phenoxy) is 2. The first-order valence-corrected chi connectivity index (χ1v) is 5.86. The van der Waals surface area contributed by atoms with Gasteiger partial charge in [-0.15, -0.1) is 0 Å². The summed E-state index contributed by atoms with van der Waals surface area (Å²) >= 11 is 3.35. The summed E-state index contributed by atoms with van der Waals surface area (Å²) in [6.45, 7) is 2.74. The average molecular weight is 287 g/mol. The summed E-state index contributed by atoms with van der Waals surface area (Å²) in [5.41, 5.74) is 0.612. The van der Waals surface area contributed by atoms with Gasteiger partial charge in [0.15, 0.2) is 5.78 Å². The second-order valence-corrected chi connectivity index (χ2v) is 4.31. The van der Waals surface area contributed by atoms with E-state index in [1.54, 1.807) is 13.2 Å². The van der Waals surface area contributed by atoms with Gasteiger partial charge in [-0.2, -0.15) is 0 Å². The molecule has 0 atom stereocenters. The zero-order valence-corrected chi connectivity index (χ0v) is 11.0. The molecule has 0 aliphatic carbocycles. The number of benzene rings is 1. The minimum Gasteiger partial charge on any atom is -0.493 e. The Bertz CT molecular complexity index is 363. The van der Waals surface area contributed by atoms with E-state index < -0.39 is 0 Å². The van der Waals surface area contributed by atoms with Crippen molar-refractivity contribution in [2.75, 3.05) is 20.3 Å². The van der Waals surface area contributed by atoms with Crippen molar-refractivity contribution in [2.24, 2.45) is 0 Å². The number of carbonyl (C=O) groups is 1. The third kappa shape index (κ3) is 3.94. The summed E-state index contributed by atoms with van der Waals surface area (Å²) in [7, 11) is 1.65. The second kappa shape index (κ2) is 6.66. The molecule has 16 heavy (non-hydrogen) atoms. The highest BCUT2D eigenvalue weighted by Crippen LogP contribution is 2.24. The van der Waals surface area contributed by atoms with Crippen molar-refractivity contribution >= 4 is 21.7 Å². The molecule has 0 aliphatic heterocycles. The lowest BCUT2D eigenvalue weighted by atomic mass is 10.1. The lowest BCUT2D eigenvalue weighted by Crippen LogP contribution is -2.05. The van der Waals surface area contributed by atoms with E-state index in [1.807, 2.05) is 12.1 Å². The predicted molar refractivity (Wildman–Crippen MR) is 66.1 cm³/mol. The Hall–Kier alpha value is -0.870. The van der Waals surface area contributed by atoms with E-state index >= 15 is 0 Å². The molecule has 0 radical (unpaired) electrons. The van der Waals surface area contributed by atoms with Gasteiger partial charge in [0.1, 0.15) is 5.75 Å². The van der Waals surface area contributed by atoms with Gasteiger partial charge >= 0.3 is 0 Å². The van der Waals surface area contributed by atoms with Crippen LogP contribution < -0.4 is 4.74 Å². The molecule has 0 fully saturated rings. The molecule has 0 amide bonds. The first-order valence-electron chi connectivity index (χ1n) is 5.07. The van der Waals surface area contributed by atoms with Crippen molar-refractivity contribution in [3.8, 4) is 5.75 Å². The van der Waals surface area contributed by atoms with E-state index in [0.29, 0.717) is 24.5 Å². The Morgan fingerprint density at radius 2 is 2.12 bits per heavy atom. The molecule has 0 N–H and O–H groups in total. The largest absolute Gasteiger partial charge is 0.493 e. The van der Waals surface area contributed by atoms with Crippen LogP contribution in [-0.2, 0) is 4.74 Å². The molecule has 0 bridgehead atoms. The Kier molecular flexibility index (Phi) is 5.49. The van der Waals surface area contributed by atoms with Gasteiger partial charge in [0.2, 0.25) is 0 Å². The topological polar surface area (TPSA) is 35.5 Å². The number of carbonyl (C=O) groups excluding carboxylic acids is 1. The van der Waals surface area contributed by atoms with Crippen LogP contribution in [0.3, 0.4) is 0 Å². The highest BCUT2D eigenvalue weighted by atomic mass is 79.9. The van der Waals surface area contributed by atoms with Crippen molar-refractivity contribution in [1.82, 2.24) is 0 Å². The highest BCUT2D eigenvalue weighted by molar-refractivity contribution is 9.10. The monoisotopic (exact) mass is 286 g/mol. The van der Waals surface area contributed by atoms with Gasteiger partial charge in [-0.25, -0.2) is 0 Å². The molecule has 4 heteroatoms. The van der Waals surface area contributed by atoms with Crippen LogP contribution in [-0.4, -0.2) is 26.1 Å². The van der Waals surface area contributed by atoms with Gasteiger partial charge in [0.25, 0.3) is 0 Å². The van der Waals surface area contributed by atoms with E-state index in [0.717, 1.165) is 10.9 Å². The maximum Gasteiger partial charge on any atom is 0.163 e. The average Bonchev–Trinajstić information content (AvgIpc) is 2.24. The first kappa shape index (κ1) is 13.2. The third-order valence-corrected chi connectivity index (χ3v) is 2.57. The molecule has 0 aromatic heterocycles. The number of hydrogen-bond acceptors (Lipinski definition) is 3. The van der Waals surface area contributed by atoms with Crippen LogP contribution in [0.15, 0.2) is 22.7 Å². The van der Waals surface area contributed by atoms with Gasteiger partial charge in [-0.05, 0) is 25.1 Å². The Morgan fingerprint density at radius 3 is 2.75 bits per heavy atom. The number of methoxy groups -OCH3 is 1. The number of halogens is 1. The van der Waals surface area contributed by atoms with E-state index in [4.69, 9.17) is 9.47 Å². The fourth-order valence-corrected chi connectivity index (χ4v) is 1.63. The molecular formula is C12H15BrO3. The van der Waals surface area contributed by atoms with E-state index in [-0.39, 0.29) is 5.78 Å².